The number of hydrogen-bond donors (Lipinski definition) is 0. The summed E-state index contributed by atoms with van der Waals surface area (Å²) in [4.78, 5) is 17.4. The molecule has 0 unspecified atom stereocenters. The first-order valence-corrected chi connectivity index (χ1v) is 9.17. The van der Waals surface area contributed by atoms with Crippen molar-refractivity contribution in [3.8, 4) is 0 Å². The lowest BCUT2D eigenvalue weighted by molar-refractivity contribution is -0.139. The van der Waals surface area contributed by atoms with E-state index < -0.39 is 0 Å². The highest BCUT2D eigenvalue weighted by molar-refractivity contribution is 5.79. The molecule has 3 fully saturated rings. The van der Waals surface area contributed by atoms with Gasteiger partial charge in [-0.15, -0.1) is 0 Å². The van der Waals surface area contributed by atoms with Crippen LogP contribution in [-0.2, 0) is 9.53 Å². The number of likely N-dealkylation sites (N-methyl/N-ethyl adjacent to an activating group) is 1. The van der Waals surface area contributed by atoms with Crippen LogP contribution in [0.2, 0.25) is 0 Å². The van der Waals surface area contributed by atoms with Gasteiger partial charge in [0.05, 0.1) is 6.61 Å². The van der Waals surface area contributed by atoms with Crippen molar-refractivity contribution in [1.82, 2.24) is 9.80 Å². The highest BCUT2D eigenvalue weighted by atomic mass is 16.5. The fourth-order valence-electron chi connectivity index (χ4n) is 4.93. The Morgan fingerprint density at radius 2 is 1.77 bits per heavy atom. The Morgan fingerprint density at radius 3 is 2.41 bits per heavy atom. The van der Waals surface area contributed by atoms with Gasteiger partial charge in [0.25, 0.3) is 0 Å². The van der Waals surface area contributed by atoms with E-state index in [1.807, 2.05) is 0 Å². The van der Waals surface area contributed by atoms with E-state index in [-0.39, 0.29) is 0 Å². The molecule has 1 saturated carbocycles. The van der Waals surface area contributed by atoms with Gasteiger partial charge in [-0.1, -0.05) is 19.3 Å². The van der Waals surface area contributed by atoms with Gasteiger partial charge in [0.15, 0.2) is 0 Å². The first-order chi connectivity index (χ1) is 10.7. The van der Waals surface area contributed by atoms with E-state index in [0.717, 1.165) is 45.4 Å². The van der Waals surface area contributed by atoms with E-state index >= 15 is 0 Å². The second kappa shape index (κ2) is 6.88. The molecule has 0 aromatic heterocycles. The molecule has 3 rings (SSSR count). The van der Waals surface area contributed by atoms with E-state index in [9.17, 15) is 4.79 Å². The Morgan fingerprint density at radius 1 is 1.09 bits per heavy atom. The summed E-state index contributed by atoms with van der Waals surface area (Å²) in [6.07, 6.45) is 10.8. The van der Waals surface area contributed by atoms with Gasteiger partial charge in [0.2, 0.25) is 5.91 Å². The van der Waals surface area contributed by atoms with Crippen LogP contribution in [0.3, 0.4) is 0 Å². The molecule has 126 valence electrons. The Kier molecular flexibility index (Phi) is 5.08. The van der Waals surface area contributed by atoms with E-state index in [0.29, 0.717) is 23.4 Å². The largest absolute Gasteiger partial charge is 0.383 e. The number of likely N-dealkylation sites (tertiary alicyclic amines) is 2. The van der Waals surface area contributed by atoms with Crippen LogP contribution in [0.5, 0.6) is 0 Å². The molecular weight excluding hydrogens is 276 g/mol. The minimum atomic E-state index is 0.324. The van der Waals surface area contributed by atoms with Crippen LogP contribution in [0.15, 0.2) is 0 Å². The second-order valence-corrected chi connectivity index (χ2v) is 7.64. The number of hydrogen-bond acceptors (Lipinski definition) is 3. The number of carbonyl (C=O) groups excluding carboxylic acids is 1. The van der Waals surface area contributed by atoms with Gasteiger partial charge in [-0.25, -0.2) is 0 Å². The summed E-state index contributed by atoms with van der Waals surface area (Å²) in [5, 5.41) is 0. The van der Waals surface area contributed by atoms with E-state index in [1.165, 1.54) is 32.1 Å². The standard InChI is InChI=1S/C18H32N2O2/c1-19-16(14-22-2)8-9-18(19)10-12-20(13-11-18)17(21)15-6-4-3-5-7-15/h15-16H,3-14H2,1-2H3/t16-/m1/s1. The van der Waals surface area contributed by atoms with Crippen LogP contribution in [0.4, 0.5) is 0 Å². The monoisotopic (exact) mass is 308 g/mol. The van der Waals surface area contributed by atoms with Gasteiger partial charge in [-0.2, -0.15) is 0 Å². The smallest absolute Gasteiger partial charge is 0.225 e. The van der Waals surface area contributed by atoms with Crippen LogP contribution in [-0.4, -0.2) is 61.1 Å². The molecule has 1 aliphatic carbocycles. The molecule has 2 heterocycles. The normalized spacial score (nSPS) is 30.1. The molecule has 0 N–H and O–H groups in total. The number of carbonyl (C=O) groups is 1. The Hall–Kier alpha value is -0.610. The Balaban J connectivity index is 1.55. The van der Waals surface area contributed by atoms with E-state index in [1.54, 1.807) is 7.11 Å². The minimum Gasteiger partial charge on any atom is -0.383 e. The molecule has 1 atom stereocenters. The van der Waals surface area contributed by atoms with Gasteiger partial charge in [0, 0.05) is 37.7 Å². The Labute approximate surface area is 135 Å². The SMILES string of the molecule is COC[C@H]1CCC2(CCN(C(=O)C3CCCCC3)CC2)N1C. The van der Waals surface area contributed by atoms with Crippen molar-refractivity contribution < 1.29 is 9.53 Å². The number of ether oxygens (including phenoxy) is 1. The van der Waals surface area contributed by atoms with Gasteiger partial charge < -0.3 is 9.64 Å². The fourth-order valence-corrected chi connectivity index (χ4v) is 4.93. The highest BCUT2D eigenvalue weighted by Gasteiger charge is 2.46. The summed E-state index contributed by atoms with van der Waals surface area (Å²) < 4.78 is 5.36. The second-order valence-electron chi connectivity index (χ2n) is 7.64. The highest BCUT2D eigenvalue weighted by Crippen LogP contribution is 2.41. The van der Waals surface area contributed by atoms with Crippen molar-refractivity contribution in [3.05, 3.63) is 0 Å². The number of piperidine rings is 1. The van der Waals surface area contributed by atoms with E-state index in [4.69, 9.17) is 4.74 Å². The molecule has 3 aliphatic rings. The maximum atomic E-state index is 12.7. The number of nitrogens with zero attached hydrogens (tertiary/aromatic N) is 2. The van der Waals surface area contributed by atoms with Crippen molar-refractivity contribution in [2.24, 2.45) is 5.92 Å². The summed E-state index contributed by atoms with van der Waals surface area (Å²) in [6, 6.07) is 0.561. The molecule has 0 aromatic carbocycles. The van der Waals surface area contributed by atoms with Crippen molar-refractivity contribution in [2.45, 2.75) is 69.4 Å². The van der Waals surface area contributed by atoms with Crippen LogP contribution in [0, 0.1) is 5.92 Å². The van der Waals surface area contributed by atoms with Gasteiger partial charge in [0.1, 0.15) is 0 Å². The molecular formula is C18H32N2O2. The lowest BCUT2D eigenvalue weighted by Gasteiger charge is -2.45. The van der Waals surface area contributed by atoms with Crippen LogP contribution < -0.4 is 0 Å². The van der Waals surface area contributed by atoms with Gasteiger partial charge in [-0.05, 0) is 45.6 Å². The summed E-state index contributed by atoms with van der Waals surface area (Å²) in [7, 11) is 4.06. The lowest BCUT2D eigenvalue weighted by atomic mass is 9.83. The molecule has 1 amide bonds. The predicted octanol–water partition coefficient (Wildman–Crippen LogP) is 2.67. The molecule has 0 bridgehead atoms. The molecule has 4 heteroatoms. The molecule has 0 aromatic rings. The number of methoxy groups -OCH3 is 1. The zero-order chi connectivity index (χ0) is 15.6. The molecule has 2 saturated heterocycles. The number of amides is 1. The van der Waals surface area contributed by atoms with Crippen LogP contribution in [0.25, 0.3) is 0 Å². The zero-order valence-electron chi connectivity index (χ0n) is 14.4. The van der Waals surface area contributed by atoms with Crippen LogP contribution >= 0.6 is 0 Å². The maximum absolute atomic E-state index is 12.7. The summed E-state index contributed by atoms with van der Waals surface area (Å²) in [6.45, 7) is 2.75. The molecule has 4 nitrogen and oxygen atoms in total. The molecule has 1 spiro atoms. The predicted molar refractivity (Wildman–Crippen MR) is 87.8 cm³/mol. The topological polar surface area (TPSA) is 32.8 Å². The van der Waals surface area contributed by atoms with E-state index in [2.05, 4.69) is 16.8 Å². The average Bonchev–Trinajstić information content (AvgIpc) is 2.86. The summed E-state index contributed by atoms with van der Waals surface area (Å²) >= 11 is 0. The van der Waals surface area contributed by atoms with Crippen molar-refractivity contribution in [1.29, 1.82) is 0 Å². The maximum Gasteiger partial charge on any atom is 0.225 e. The van der Waals surface area contributed by atoms with Gasteiger partial charge in [-0.3, -0.25) is 9.69 Å². The zero-order valence-corrected chi connectivity index (χ0v) is 14.4. The first kappa shape index (κ1) is 16.3. The van der Waals surface area contributed by atoms with Crippen molar-refractivity contribution >= 4 is 5.91 Å². The molecule has 0 radical (unpaired) electrons. The van der Waals surface area contributed by atoms with Gasteiger partial charge >= 0.3 is 0 Å². The summed E-state index contributed by atoms with van der Waals surface area (Å²) in [5.41, 5.74) is 0.326. The van der Waals surface area contributed by atoms with Crippen molar-refractivity contribution in [2.75, 3.05) is 33.9 Å². The van der Waals surface area contributed by atoms with Crippen LogP contribution in [0.1, 0.15) is 57.8 Å². The van der Waals surface area contributed by atoms with Crippen molar-refractivity contribution in [3.63, 3.8) is 0 Å². The minimum absolute atomic E-state index is 0.324. The average molecular weight is 308 g/mol. The third kappa shape index (κ3) is 3.05. The number of rotatable bonds is 3. The quantitative estimate of drug-likeness (QED) is 0.803. The molecule has 22 heavy (non-hydrogen) atoms. The fraction of sp³-hybridized carbons (Fsp3) is 0.944. The first-order valence-electron chi connectivity index (χ1n) is 9.17. The molecule has 2 aliphatic heterocycles. The summed E-state index contributed by atoms with van der Waals surface area (Å²) in [5.74, 6) is 0.772. The third-order valence-corrected chi connectivity index (χ3v) is 6.56. The Bertz CT molecular complexity index is 385. The lowest BCUT2D eigenvalue weighted by Crippen LogP contribution is -2.54. The third-order valence-electron chi connectivity index (χ3n) is 6.56.